The normalized spacial score (nSPS) is 11.7. The SMILES string of the molecule is Cc1ccc(C(=O)O)c(C)c1Cc1ccc(C(CN)C(=O)Nc2ccc(-c3cn[nH]c3)cc2)cc1. The molecule has 178 valence electrons. The molecule has 1 atom stereocenters. The largest absolute Gasteiger partial charge is 0.478 e. The minimum Gasteiger partial charge on any atom is -0.478 e. The average Bonchev–Trinajstić information content (AvgIpc) is 3.38. The van der Waals surface area contributed by atoms with Crippen LogP contribution >= 0.6 is 0 Å². The van der Waals surface area contributed by atoms with E-state index in [9.17, 15) is 14.7 Å². The van der Waals surface area contributed by atoms with Crippen molar-refractivity contribution in [2.45, 2.75) is 26.2 Å². The summed E-state index contributed by atoms with van der Waals surface area (Å²) in [5, 5.41) is 19.1. The van der Waals surface area contributed by atoms with Gasteiger partial charge in [-0.3, -0.25) is 9.89 Å². The predicted octanol–water partition coefficient (Wildman–Crippen LogP) is 4.66. The van der Waals surface area contributed by atoms with Gasteiger partial charge in [-0.15, -0.1) is 0 Å². The quantitative estimate of drug-likeness (QED) is 0.300. The Morgan fingerprint density at radius 3 is 2.31 bits per heavy atom. The van der Waals surface area contributed by atoms with Crippen LogP contribution < -0.4 is 11.1 Å². The zero-order valence-corrected chi connectivity index (χ0v) is 19.7. The fraction of sp³-hybridized carbons (Fsp3) is 0.179. The van der Waals surface area contributed by atoms with Crippen molar-refractivity contribution >= 4 is 17.6 Å². The molecule has 0 radical (unpaired) electrons. The molecular formula is C28H28N4O3. The van der Waals surface area contributed by atoms with Crippen molar-refractivity contribution in [3.8, 4) is 11.1 Å². The van der Waals surface area contributed by atoms with E-state index in [1.807, 2.05) is 74.6 Å². The first-order valence-electron chi connectivity index (χ1n) is 11.4. The summed E-state index contributed by atoms with van der Waals surface area (Å²) in [5.74, 6) is -1.58. The van der Waals surface area contributed by atoms with Gasteiger partial charge in [-0.25, -0.2) is 4.79 Å². The Balaban J connectivity index is 1.46. The van der Waals surface area contributed by atoms with Crippen LogP contribution in [0.5, 0.6) is 0 Å². The molecule has 0 saturated carbocycles. The van der Waals surface area contributed by atoms with Crippen LogP contribution in [-0.2, 0) is 11.2 Å². The number of aromatic amines is 1. The highest BCUT2D eigenvalue weighted by Gasteiger charge is 2.20. The number of nitrogens with two attached hydrogens (primary N) is 1. The fourth-order valence-corrected chi connectivity index (χ4v) is 4.25. The van der Waals surface area contributed by atoms with Gasteiger partial charge in [-0.05, 0) is 71.8 Å². The summed E-state index contributed by atoms with van der Waals surface area (Å²) in [6.07, 6.45) is 4.17. The van der Waals surface area contributed by atoms with E-state index in [-0.39, 0.29) is 12.5 Å². The number of aryl methyl sites for hydroxylation is 1. The van der Waals surface area contributed by atoms with Crippen molar-refractivity contribution in [2.75, 3.05) is 11.9 Å². The number of carboxylic acid groups (broad SMARTS) is 1. The lowest BCUT2D eigenvalue weighted by Crippen LogP contribution is -2.27. The van der Waals surface area contributed by atoms with Crippen molar-refractivity contribution < 1.29 is 14.7 Å². The van der Waals surface area contributed by atoms with Gasteiger partial charge in [0, 0.05) is 24.0 Å². The summed E-state index contributed by atoms with van der Waals surface area (Å²) in [5.41, 5.74) is 13.7. The molecule has 0 aliphatic rings. The van der Waals surface area contributed by atoms with Crippen molar-refractivity contribution in [1.82, 2.24) is 10.2 Å². The van der Waals surface area contributed by atoms with Gasteiger partial charge in [0.25, 0.3) is 0 Å². The second-order valence-electron chi connectivity index (χ2n) is 8.60. The number of benzene rings is 3. The zero-order chi connectivity index (χ0) is 24.9. The number of carbonyl (C=O) groups is 2. The van der Waals surface area contributed by atoms with E-state index in [1.54, 1.807) is 12.3 Å². The van der Waals surface area contributed by atoms with E-state index in [0.29, 0.717) is 17.7 Å². The van der Waals surface area contributed by atoms with Gasteiger partial charge in [0.15, 0.2) is 0 Å². The first kappa shape index (κ1) is 23.9. The summed E-state index contributed by atoms with van der Waals surface area (Å²) < 4.78 is 0. The average molecular weight is 469 g/mol. The van der Waals surface area contributed by atoms with Crippen LogP contribution in [0.1, 0.15) is 44.1 Å². The summed E-state index contributed by atoms with van der Waals surface area (Å²) in [6.45, 7) is 4.01. The maximum atomic E-state index is 13.0. The predicted molar refractivity (Wildman–Crippen MR) is 137 cm³/mol. The molecule has 5 N–H and O–H groups in total. The molecule has 1 amide bonds. The van der Waals surface area contributed by atoms with Crippen LogP contribution in [0.2, 0.25) is 0 Å². The fourth-order valence-electron chi connectivity index (χ4n) is 4.25. The van der Waals surface area contributed by atoms with Gasteiger partial charge in [-0.2, -0.15) is 5.10 Å². The van der Waals surface area contributed by atoms with Crippen molar-refractivity contribution in [3.05, 3.63) is 106 Å². The maximum Gasteiger partial charge on any atom is 0.335 e. The minimum absolute atomic E-state index is 0.169. The van der Waals surface area contributed by atoms with Crippen LogP contribution in [-0.4, -0.2) is 33.7 Å². The number of H-pyrrole nitrogens is 1. The molecule has 0 fully saturated rings. The first-order chi connectivity index (χ1) is 16.9. The third-order valence-electron chi connectivity index (χ3n) is 6.36. The second-order valence-corrected chi connectivity index (χ2v) is 8.60. The number of carboxylic acids is 1. The monoisotopic (exact) mass is 468 g/mol. The Morgan fingerprint density at radius 1 is 1.00 bits per heavy atom. The van der Waals surface area contributed by atoms with Crippen molar-refractivity contribution in [3.63, 3.8) is 0 Å². The number of anilines is 1. The van der Waals surface area contributed by atoms with Crippen molar-refractivity contribution in [1.29, 1.82) is 0 Å². The number of hydrogen-bond acceptors (Lipinski definition) is 4. The molecule has 4 aromatic rings. The first-order valence-corrected chi connectivity index (χ1v) is 11.4. The van der Waals surface area contributed by atoms with E-state index in [4.69, 9.17) is 5.73 Å². The summed E-state index contributed by atoms with van der Waals surface area (Å²) in [7, 11) is 0. The molecule has 3 aromatic carbocycles. The topological polar surface area (TPSA) is 121 Å². The number of hydrogen-bond donors (Lipinski definition) is 4. The molecule has 7 nitrogen and oxygen atoms in total. The molecule has 1 aromatic heterocycles. The number of nitrogens with one attached hydrogen (secondary N) is 2. The van der Waals surface area contributed by atoms with Crippen LogP contribution in [0, 0.1) is 13.8 Å². The van der Waals surface area contributed by atoms with Gasteiger partial charge in [-0.1, -0.05) is 42.5 Å². The molecule has 0 saturated heterocycles. The lowest BCUT2D eigenvalue weighted by atomic mass is 9.91. The third-order valence-corrected chi connectivity index (χ3v) is 6.36. The Hall–Kier alpha value is -4.23. The van der Waals surface area contributed by atoms with Crippen LogP contribution in [0.25, 0.3) is 11.1 Å². The molecule has 0 bridgehead atoms. The molecule has 1 unspecified atom stereocenters. The lowest BCUT2D eigenvalue weighted by Gasteiger charge is -2.17. The standard InChI is InChI=1S/C28H28N4O3/c1-17-3-12-24(28(34)35)18(2)25(17)13-19-4-6-21(7-5-19)26(14-29)27(33)32-23-10-8-20(9-11-23)22-15-30-31-16-22/h3-12,15-16,26H,13-14,29H2,1-2H3,(H,30,31)(H,32,33)(H,34,35). The lowest BCUT2D eigenvalue weighted by molar-refractivity contribution is -0.117. The number of carbonyl (C=O) groups excluding carboxylic acids is 1. The highest BCUT2D eigenvalue weighted by Crippen LogP contribution is 2.25. The van der Waals surface area contributed by atoms with Crippen LogP contribution in [0.15, 0.2) is 73.1 Å². The van der Waals surface area contributed by atoms with E-state index in [2.05, 4.69) is 15.5 Å². The second kappa shape index (κ2) is 10.4. The molecule has 1 heterocycles. The third kappa shape index (κ3) is 5.31. The Bertz CT molecular complexity index is 1330. The number of nitrogens with zero attached hydrogens (tertiary/aromatic N) is 1. The van der Waals surface area contributed by atoms with Gasteiger partial charge < -0.3 is 16.2 Å². The van der Waals surface area contributed by atoms with E-state index in [0.717, 1.165) is 38.9 Å². The molecule has 0 spiro atoms. The smallest absolute Gasteiger partial charge is 0.335 e. The number of rotatable bonds is 8. The number of aromatic carboxylic acids is 1. The van der Waals surface area contributed by atoms with Gasteiger partial charge in [0.05, 0.1) is 17.7 Å². The van der Waals surface area contributed by atoms with E-state index >= 15 is 0 Å². The molecule has 0 aliphatic heterocycles. The molecule has 0 aliphatic carbocycles. The number of aromatic nitrogens is 2. The Kier molecular flexibility index (Phi) is 7.08. The molecule has 4 rings (SSSR count). The molecule has 35 heavy (non-hydrogen) atoms. The Labute approximate surface area is 204 Å². The van der Waals surface area contributed by atoms with Gasteiger partial charge in [0.1, 0.15) is 0 Å². The Morgan fingerprint density at radius 2 is 1.71 bits per heavy atom. The van der Waals surface area contributed by atoms with E-state index < -0.39 is 11.9 Å². The minimum atomic E-state index is -0.924. The van der Waals surface area contributed by atoms with Crippen LogP contribution in [0.3, 0.4) is 0 Å². The highest BCUT2D eigenvalue weighted by molar-refractivity contribution is 5.96. The van der Waals surface area contributed by atoms with E-state index in [1.165, 1.54) is 0 Å². The maximum absolute atomic E-state index is 13.0. The molecular weight excluding hydrogens is 440 g/mol. The van der Waals surface area contributed by atoms with Gasteiger partial charge in [0.2, 0.25) is 5.91 Å². The van der Waals surface area contributed by atoms with Gasteiger partial charge >= 0.3 is 5.97 Å². The highest BCUT2D eigenvalue weighted by atomic mass is 16.4. The number of amides is 1. The zero-order valence-electron chi connectivity index (χ0n) is 19.7. The van der Waals surface area contributed by atoms with Crippen molar-refractivity contribution in [2.24, 2.45) is 5.73 Å². The summed E-state index contributed by atoms with van der Waals surface area (Å²) in [6, 6.07) is 18.8. The summed E-state index contributed by atoms with van der Waals surface area (Å²) >= 11 is 0. The molecule has 7 heteroatoms. The summed E-state index contributed by atoms with van der Waals surface area (Å²) in [4.78, 5) is 24.5. The van der Waals surface area contributed by atoms with Crippen LogP contribution in [0.4, 0.5) is 5.69 Å².